The molecule has 0 aliphatic carbocycles. The number of likely N-dealkylation sites (N-methyl/N-ethyl adjacent to an activating group) is 1. The lowest BCUT2D eigenvalue weighted by atomic mass is 9.97. The Bertz CT molecular complexity index is 1310. The Kier molecular flexibility index (Phi) is 12.2. The fraction of sp³-hybridized carbons (Fsp3) is 0.375. The molecule has 41 heavy (non-hydrogen) atoms. The number of carbonyl (C=O) groups is 2. The molecule has 1 saturated heterocycles. The molecule has 3 aromatic rings. The number of rotatable bonds is 12. The number of aryl methyl sites for hydroxylation is 1. The fourth-order valence-electron chi connectivity index (χ4n) is 4.97. The van der Waals surface area contributed by atoms with E-state index in [0.29, 0.717) is 19.5 Å². The molecule has 0 unspecified atom stereocenters. The summed E-state index contributed by atoms with van der Waals surface area (Å²) in [5.41, 5.74) is 7.25. The second-order valence-corrected chi connectivity index (χ2v) is 10.3. The molecule has 1 aliphatic heterocycles. The molecule has 1 fully saturated rings. The number of benzene rings is 3. The first-order valence-corrected chi connectivity index (χ1v) is 13.7. The standard InChI is InChI=1S/C32H40N4O4.ClH/c1-23-17-25(20-33-21-28(37)22-39-3)7-11-29(23)26-8-5-24(6-9-26)18-32(38)34-27-10-12-31(40-4)30(19-27)36-15-13-35(2)14-16-36;/h5-12,17,19,33H,13-16,18,20-22H2,1-4H3,(H,34,38);1H. The van der Waals surface area contributed by atoms with Gasteiger partial charge >= 0.3 is 0 Å². The molecular formula is C32H41ClN4O4. The van der Waals surface area contributed by atoms with Crippen molar-refractivity contribution in [2.75, 3.05) is 70.8 Å². The van der Waals surface area contributed by atoms with Gasteiger partial charge in [0.1, 0.15) is 12.4 Å². The number of halogens is 1. The van der Waals surface area contributed by atoms with Crippen LogP contribution in [0.15, 0.2) is 60.7 Å². The maximum atomic E-state index is 12.9. The molecule has 0 radical (unpaired) electrons. The molecule has 0 spiro atoms. The Labute approximate surface area is 249 Å². The monoisotopic (exact) mass is 580 g/mol. The minimum atomic E-state index is -0.0562. The number of ketones is 1. The number of anilines is 2. The quantitative estimate of drug-likeness (QED) is 0.330. The van der Waals surface area contributed by atoms with E-state index in [1.54, 1.807) is 7.11 Å². The number of nitrogens with one attached hydrogen (secondary N) is 2. The number of methoxy groups -OCH3 is 2. The summed E-state index contributed by atoms with van der Waals surface area (Å²) < 4.78 is 10.5. The number of nitrogens with zero attached hydrogens (tertiary/aromatic N) is 2. The van der Waals surface area contributed by atoms with Gasteiger partial charge in [-0.3, -0.25) is 9.59 Å². The van der Waals surface area contributed by atoms with Crippen LogP contribution in [0.2, 0.25) is 0 Å². The first-order valence-electron chi connectivity index (χ1n) is 13.7. The highest BCUT2D eigenvalue weighted by Crippen LogP contribution is 2.32. The summed E-state index contributed by atoms with van der Waals surface area (Å²) in [7, 11) is 5.33. The minimum absolute atomic E-state index is 0. The number of ether oxygens (including phenoxy) is 2. The second kappa shape index (κ2) is 15.5. The molecule has 0 aromatic heterocycles. The van der Waals surface area contributed by atoms with Gasteiger partial charge in [0, 0.05) is 45.5 Å². The van der Waals surface area contributed by atoms with Crippen LogP contribution in [0.25, 0.3) is 11.1 Å². The van der Waals surface area contributed by atoms with E-state index in [2.05, 4.69) is 64.7 Å². The van der Waals surface area contributed by atoms with Crippen molar-refractivity contribution in [3.8, 4) is 16.9 Å². The summed E-state index contributed by atoms with van der Waals surface area (Å²) in [4.78, 5) is 29.1. The number of hydrogen-bond donors (Lipinski definition) is 2. The Morgan fingerprint density at radius 2 is 1.61 bits per heavy atom. The molecule has 1 amide bonds. The summed E-state index contributed by atoms with van der Waals surface area (Å²) in [6.45, 7) is 6.96. The molecular weight excluding hydrogens is 540 g/mol. The average molecular weight is 581 g/mol. The summed E-state index contributed by atoms with van der Waals surface area (Å²) in [6, 6.07) is 20.3. The number of piperazine rings is 1. The van der Waals surface area contributed by atoms with Gasteiger partial charge in [0.25, 0.3) is 0 Å². The third kappa shape index (κ3) is 9.03. The van der Waals surface area contributed by atoms with Gasteiger partial charge in [-0.25, -0.2) is 0 Å². The molecule has 0 bridgehead atoms. The van der Waals surface area contributed by atoms with Crippen LogP contribution >= 0.6 is 12.4 Å². The molecule has 9 heteroatoms. The van der Waals surface area contributed by atoms with Gasteiger partial charge in [0.15, 0.2) is 5.78 Å². The Hall–Kier alpha value is -3.43. The van der Waals surface area contributed by atoms with E-state index >= 15 is 0 Å². The maximum Gasteiger partial charge on any atom is 0.228 e. The third-order valence-electron chi connectivity index (χ3n) is 7.18. The normalized spacial score (nSPS) is 13.4. The zero-order valence-electron chi connectivity index (χ0n) is 24.4. The Balaban J connectivity index is 0.00000462. The highest BCUT2D eigenvalue weighted by molar-refractivity contribution is 5.93. The molecule has 4 rings (SSSR count). The minimum Gasteiger partial charge on any atom is -0.495 e. The Morgan fingerprint density at radius 1 is 0.902 bits per heavy atom. The smallest absolute Gasteiger partial charge is 0.228 e. The van der Waals surface area contributed by atoms with Gasteiger partial charge in [0.05, 0.1) is 25.8 Å². The maximum absolute atomic E-state index is 12.9. The predicted molar refractivity (Wildman–Crippen MR) is 167 cm³/mol. The lowest BCUT2D eigenvalue weighted by Crippen LogP contribution is -2.44. The van der Waals surface area contributed by atoms with E-state index in [9.17, 15) is 9.59 Å². The van der Waals surface area contributed by atoms with E-state index in [1.807, 2.05) is 30.3 Å². The molecule has 0 saturated carbocycles. The van der Waals surface area contributed by atoms with Gasteiger partial charge in [-0.05, 0) is 60.0 Å². The molecule has 1 aliphatic rings. The van der Waals surface area contributed by atoms with Crippen LogP contribution in [0.5, 0.6) is 5.75 Å². The van der Waals surface area contributed by atoms with Crippen molar-refractivity contribution in [3.63, 3.8) is 0 Å². The third-order valence-corrected chi connectivity index (χ3v) is 7.18. The first-order chi connectivity index (χ1) is 19.4. The molecule has 3 aromatic carbocycles. The van der Waals surface area contributed by atoms with E-state index < -0.39 is 0 Å². The summed E-state index contributed by atoms with van der Waals surface area (Å²) >= 11 is 0. The number of carbonyl (C=O) groups excluding carboxylic acids is 2. The summed E-state index contributed by atoms with van der Waals surface area (Å²) in [6.07, 6.45) is 0.293. The van der Waals surface area contributed by atoms with Gasteiger partial charge < -0.3 is 29.9 Å². The van der Waals surface area contributed by atoms with Crippen molar-refractivity contribution in [1.29, 1.82) is 0 Å². The van der Waals surface area contributed by atoms with Crippen molar-refractivity contribution >= 4 is 35.5 Å². The Morgan fingerprint density at radius 3 is 2.27 bits per heavy atom. The van der Waals surface area contributed by atoms with Crippen LogP contribution < -0.4 is 20.3 Å². The van der Waals surface area contributed by atoms with Crippen LogP contribution in [0.1, 0.15) is 16.7 Å². The van der Waals surface area contributed by atoms with Gasteiger partial charge in [-0.2, -0.15) is 0 Å². The van der Waals surface area contributed by atoms with E-state index in [4.69, 9.17) is 9.47 Å². The van der Waals surface area contributed by atoms with E-state index in [0.717, 1.165) is 71.1 Å². The van der Waals surface area contributed by atoms with Crippen LogP contribution in [-0.2, 0) is 27.3 Å². The molecule has 220 valence electrons. The first kappa shape index (κ1) is 32.1. The zero-order chi connectivity index (χ0) is 28.5. The summed E-state index contributed by atoms with van der Waals surface area (Å²) in [5.74, 6) is 0.790. The topological polar surface area (TPSA) is 83.1 Å². The lowest BCUT2D eigenvalue weighted by Gasteiger charge is -2.34. The van der Waals surface area contributed by atoms with E-state index in [-0.39, 0.29) is 30.7 Å². The summed E-state index contributed by atoms with van der Waals surface area (Å²) in [5, 5.41) is 6.22. The number of amides is 1. The van der Waals surface area contributed by atoms with Gasteiger partial charge in [-0.1, -0.05) is 42.5 Å². The number of hydrogen-bond acceptors (Lipinski definition) is 7. The van der Waals surface area contributed by atoms with Gasteiger partial charge in [0.2, 0.25) is 5.91 Å². The van der Waals surface area contributed by atoms with Crippen LogP contribution in [0, 0.1) is 6.92 Å². The highest BCUT2D eigenvalue weighted by Gasteiger charge is 2.18. The van der Waals surface area contributed by atoms with Crippen LogP contribution in [0.3, 0.4) is 0 Å². The zero-order valence-corrected chi connectivity index (χ0v) is 25.2. The molecule has 1 heterocycles. The highest BCUT2D eigenvalue weighted by atomic mass is 35.5. The van der Waals surface area contributed by atoms with Crippen LogP contribution in [0.4, 0.5) is 11.4 Å². The molecule has 0 atom stereocenters. The van der Waals surface area contributed by atoms with Crippen molar-refractivity contribution in [3.05, 3.63) is 77.4 Å². The number of Topliss-reactive ketones (excluding diaryl/α,β-unsaturated/α-hetero) is 1. The van der Waals surface area contributed by atoms with E-state index in [1.165, 1.54) is 7.11 Å². The lowest BCUT2D eigenvalue weighted by molar-refractivity contribution is -0.121. The fourth-order valence-corrected chi connectivity index (χ4v) is 4.97. The average Bonchev–Trinajstić information content (AvgIpc) is 2.94. The van der Waals surface area contributed by atoms with Crippen molar-refractivity contribution in [2.45, 2.75) is 19.9 Å². The second-order valence-electron chi connectivity index (χ2n) is 10.3. The largest absolute Gasteiger partial charge is 0.495 e. The van der Waals surface area contributed by atoms with Crippen molar-refractivity contribution in [2.24, 2.45) is 0 Å². The van der Waals surface area contributed by atoms with Gasteiger partial charge in [-0.15, -0.1) is 12.4 Å². The van der Waals surface area contributed by atoms with Crippen molar-refractivity contribution in [1.82, 2.24) is 10.2 Å². The van der Waals surface area contributed by atoms with Crippen molar-refractivity contribution < 1.29 is 19.1 Å². The predicted octanol–water partition coefficient (Wildman–Crippen LogP) is 4.33. The molecule has 2 N–H and O–H groups in total. The van der Waals surface area contributed by atoms with Crippen LogP contribution in [-0.4, -0.2) is 77.2 Å². The molecule has 8 nitrogen and oxygen atoms in total. The SMILES string of the molecule is COCC(=O)CNCc1ccc(-c2ccc(CC(=O)Nc3ccc(OC)c(N4CCN(C)CC4)c3)cc2)c(C)c1.Cl.